The number of carbonyl (C=O) groups excluding carboxylic acids is 1. The summed E-state index contributed by atoms with van der Waals surface area (Å²) in [7, 11) is 0. The number of hydrogen-bond donors (Lipinski definition) is 0. The molecule has 0 saturated heterocycles. The zero-order chi connectivity index (χ0) is 14.0. The number of rotatable bonds is 3. The summed E-state index contributed by atoms with van der Waals surface area (Å²) >= 11 is 12.1. The number of ether oxygens (including phenoxy) is 1. The molecule has 0 aromatic heterocycles. The van der Waals surface area contributed by atoms with E-state index in [2.05, 4.69) is 5.18 Å². The maximum absolute atomic E-state index is 11.8. The van der Waals surface area contributed by atoms with Gasteiger partial charge in [0.1, 0.15) is 6.04 Å². The molecule has 1 aromatic rings. The molecule has 102 valence electrons. The van der Waals surface area contributed by atoms with Crippen molar-refractivity contribution >= 4 is 29.2 Å². The lowest BCUT2D eigenvalue weighted by Crippen LogP contribution is -2.26. The molecule has 2 unspecified atom stereocenters. The van der Waals surface area contributed by atoms with Gasteiger partial charge in [0.15, 0.2) is 0 Å². The van der Waals surface area contributed by atoms with E-state index in [0.717, 1.165) is 11.1 Å². The Balaban J connectivity index is 2.38. The van der Waals surface area contributed by atoms with Gasteiger partial charge in [-0.3, -0.25) is 4.79 Å². The van der Waals surface area contributed by atoms with Crippen LogP contribution in [0.5, 0.6) is 0 Å². The maximum atomic E-state index is 11.8. The van der Waals surface area contributed by atoms with Crippen molar-refractivity contribution in [2.75, 3.05) is 6.61 Å². The van der Waals surface area contributed by atoms with Crippen LogP contribution in [0.25, 0.3) is 0 Å². The number of halogens is 2. The van der Waals surface area contributed by atoms with E-state index in [0.29, 0.717) is 29.5 Å². The van der Waals surface area contributed by atoms with Gasteiger partial charge < -0.3 is 4.74 Å². The number of nitrogens with zero attached hydrogens (tertiary/aromatic N) is 1. The van der Waals surface area contributed by atoms with Crippen LogP contribution in [0.15, 0.2) is 17.3 Å². The molecule has 0 amide bonds. The third kappa shape index (κ3) is 2.74. The second kappa shape index (κ2) is 5.88. The Morgan fingerprint density at radius 2 is 2.21 bits per heavy atom. The predicted octanol–water partition coefficient (Wildman–Crippen LogP) is 3.93. The SMILES string of the molecule is CCOC(=O)C1Cc2c(ccc(Cl)c2Cl)C(N=O)C1. The summed E-state index contributed by atoms with van der Waals surface area (Å²) in [6.45, 7) is 2.05. The molecule has 2 rings (SSSR count). The summed E-state index contributed by atoms with van der Waals surface area (Å²) in [6, 6.07) is 2.82. The van der Waals surface area contributed by atoms with E-state index in [1.54, 1.807) is 19.1 Å². The molecule has 4 nitrogen and oxygen atoms in total. The molecule has 0 heterocycles. The lowest BCUT2D eigenvalue weighted by atomic mass is 9.81. The summed E-state index contributed by atoms with van der Waals surface area (Å²) in [5, 5.41) is 3.90. The first-order valence-corrected chi connectivity index (χ1v) is 6.80. The third-order valence-electron chi connectivity index (χ3n) is 3.30. The van der Waals surface area contributed by atoms with Crippen molar-refractivity contribution in [2.24, 2.45) is 11.1 Å². The molecule has 2 atom stereocenters. The van der Waals surface area contributed by atoms with Crippen LogP contribution in [0.1, 0.15) is 30.5 Å². The molecule has 0 bridgehead atoms. The molecule has 0 saturated carbocycles. The lowest BCUT2D eigenvalue weighted by molar-refractivity contribution is -0.148. The first-order valence-electron chi connectivity index (χ1n) is 6.04. The first kappa shape index (κ1) is 14.3. The molecule has 0 aliphatic heterocycles. The van der Waals surface area contributed by atoms with E-state index >= 15 is 0 Å². The summed E-state index contributed by atoms with van der Waals surface area (Å²) in [5.74, 6) is -0.719. The van der Waals surface area contributed by atoms with Gasteiger partial charge >= 0.3 is 5.97 Å². The van der Waals surface area contributed by atoms with Gasteiger partial charge in [-0.15, -0.1) is 0 Å². The van der Waals surface area contributed by atoms with Crippen molar-refractivity contribution in [3.63, 3.8) is 0 Å². The summed E-state index contributed by atoms with van der Waals surface area (Å²) in [6.07, 6.45) is 0.785. The quantitative estimate of drug-likeness (QED) is 0.628. The van der Waals surface area contributed by atoms with Crippen molar-refractivity contribution in [2.45, 2.75) is 25.8 Å². The van der Waals surface area contributed by atoms with E-state index in [9.17, 15) is 9.70 Å². The van der Waals surface area contributed by atoms with E-state index in [1.807, 2.05) is 0 Å². The standard InChI is InChI=1S/C13H13Cl2NO3/c1-2-19-13(17)7-5-9-8(11(6-7)16-18)3-4-10(14)12(9)15/h3-4,7,11H,2,5-6H2,1H3. The molecule has 1 aliphatic rings. The zero-order valence-electron chi connectivity index (χ0n) is 10.4. The topological polar surface area (TPSA) is 55.7 Å². The second-order valence-electron chi connectivity index (χ2n) is 4.44. The van der Waals surface area contributed by atoms with Crippen LogP contribution in [0.3, 0.4) is 0 Å². The molecule has 19 heavy (non-hydrogen) atoms. The minimum absolute atomic E-state index is 0.310. The number of hydrogen-bond acceptors (Lipinski definition) is 4. The minimum Gasteiger partial charge on any atom is -0.466 e. The summed E-state index contributed by atoms with van der Waals surface area (Å²) < 4.78 is 5.00. The highest BCUT2D eigenvalue weighted by atomic mass is 35.5. The van der Waals surface area contributed by atoms with Gasteiger partial charge in [0.2, 0.25) is 0 Å². The minimum atomic E-state index is -0.576. The fourth-order valence-electron chi connectivity index (χ4n) is 2.39. The predicted molar refractivity (Wildman–Crippen MR) is 73.4 cm³/mol. The summed E-state index contributed by atoms with van der Waals surface area (Å²) in [5.41, 5.74) is 1.48. The van der Waals surface area contributed by atoms with Crippen LogP contribution in [-0.2, 0) is 16.0 Å². The van der Waals surface area contributed by atoms with Crippen LogP contribution in [0.4, 0.5) is 0 Å². The Morgan fingerprint density at radius 1 is 1.47 bits per heavy atom. The largest absolute Gasteiger partial charge is 0.466 e. The highest BCUT2D eigenvalue weighted by molar-refractivity contribution is 6.42. The normalized spacial score (nSPS) is 21.6. The molecule has 1 aliphatic carbocycles. The van der Waals surface area contributed by atoms with E-state index < -0.39 is 12.0 Å². The van der Waals surface area contributed by atoms with Crippen LogP contribution in [-0.4, -0.2) is 12.6 Å². The average Bonchev–Trinajstić information content (AvgIpc) is 2.42. The molecule has 0 N–H and O–H groups in total. The smallest absolute Gasteiger partial charge is 0.309 e. The van der Waals surface area contributed by atoms with Gasteiger partial charge in [-0.1, -0.05) is 34.4 Å². The Bertz CT molecular complexity index is 519. The molecule has 0 fully saturated rings. The van der Waals surface area contributed by atoms with Crippen LogP contribution < -0.4 is 0 Å². The van der Waals surface area contributed by atoms with Crippen LogP contribution >= 0.6 is 23.2 Å². The van der Waals surface area contributed by atoms with Crippen molar-refractivity contribution in [3.05, 3.63) is 38.2 Å². The average molecular weight is 302 g/mol. The van der Waals surface area contributed by atoms with E-state index in [-0.39, 0.29) is 5.97 Å². The zero-order valence-corrected chi connectivity index (χ0v) is 11.9. The van der Waals surface area contributed by atoms with Gasteiger partial charge in [-0.05, 0) is 37.0 Å². The maximum Gasteiger partial charge on any atom is 0.309 e. The van der Waals surface area contributed by atoms with Gasteiger partial charge in [0.25, 0.3) is 0 Å². The van der Waals surface area contributed by atoms with Crippen molar-refractivity contribution in [1.29, 1.82) is 0 Å². The van der Waals surface area contributed by atoms with Gasteiger partial charge in [-0.25, -0.2) is 0 Å². The van der Waals surface area contributed by atoms with E-state index in [1.165, 1.54) is 0 Å². The van der Waals surface area contributed by atoms with Crippen LogP contribution in [0, 0.1) is 10.8 Å². The van der Waals surface area contributed by atoms with Crippen LogP contribution in [0.2, 0.25) is 10.0 Å². The Hall–Kier alpha value is -1.13. The molecule has 0 radical (unpaired) electrons. The molecule has 1 aromatic carbocycles. The van der Waals surface area contributed by atoms with Gasteiger partial charge in [-0.2, -0.15) is 4.91 Å². The molecule has 6 heteroatoms. The second-order valence-corrected chi connectivity index (χ2v) is 5.22. The number of fused-ring (bicyclic) bond motifs is 1. The Kier molecular flexibility index (Phi) is 4.42. The van der Waals surface area contributed by atoms with Crippen molar-refractivity contribution in [3.8, 4) is 0 Å². The Morgan fingerprint density at radius 3 is 2.84 bits per heavy atom. The van der Waals surface area contributed by atoms with Crippen molar-refractivity contribution in [1.82, 2.24) is 0 Å². The number of carbonyl (C=O) groups is 1. The number of benzene rings is 1. The fraction of sp³-hybridized carbons (Fsp3) is 0.462. The molecular weight excluding hydrogens is 289 g/mol. The van der Waals surface area contributed by atoms with Gasteiger partial charge in [0, 0.05) is 0 Å². The van der Waals surface area contributed by atoms with E-state index in [4.69, 9.17) is 27.9 Å². The molecular formula is C13H13Cl2NO3. The molecule has 0 spiro atoms. The summed E-state index contributed by atoms with van der Waals surface area (Å²) in [4.78, 5) is 22.8. The highest BCUT2D eigenvalue weighted by Crippen LogP contribution is 2.41. The monoisotopic (exact) mass is 301 g/mol. The highest BCUT2D eigenvalue weighted by Gasteiger charge is 2.34. The van der Waals surface area contributed by atoms with Gasteiger partial charge in [0.05, 0.1) is 22.6 Å². The third-order valence-corrected chi connectivity index (χ3v) is 4.14. The number of esters is 1. The lowest BCUT2D eigenvalue weighted by Gasteiger charge is -2.27. The number of nitroso groups, excluding NO2 is 1. The van der Waals surface area contributed by atoms with Crippen molar-refractivity contribution < 1.29 is 9.53 Å². The first-order chi connectivity index (χ1) is 9.08. The fourth-order valence-corrected chi connectivity index (χ4v) is 2.82. The Labute approximate surface area is 121 Å².